The van der Waals surface area contributed by atoms with Crippen LogP contribution in [0.1, 0.15) is 40.0 Å². The van der Waals surface area contributed by atoms with Gasteiger partial charge in [-0.1, -0.05) is 20.3 Å². The normalized spacial score (nSPS) is 13.7. The molecule has 0 saturated heterocycles. The van der Waals surface area contributed by atoms with Crippen LogP contribution in [-0.2, 0) is 0 Å². The van der Waals surface area contributed by atoms with Gasteiger partial charge in [0, 0.05) is 12.6 Å². The second-order valence-corrected chi connectivity index (χ2v) is 2.47. The van der Waals surface area contributed by atoms with Gasteiger partial charge < -0.3 is 5.32 Å². The summed E-state index contributed by atoms with van der Waals surface area (Å²) < 4.78 is 0. The van der Waals surface area contributed by atoms with Crippen LogP contribution < -0.4 is 5.32 Å². The van der Waals surface area contributed by atoms with Crippen molar-refractivity contribution in [2.45, 2.75) is 46.1 Å². The first kappa shape index (κ1) is 8.96. The summed E-state index contributed by atoms with van der Waals surface area (Å²) in [6.45, 7) is 8.74. The molecule has 0 spiro atoms. The largest absolute Gasteiger partial charge is 0.310 e. The molecule has 0 amide bonds. The third kappa shape index (κ3) is 5.84. The fourth-order valence-electron chi connectivity index (χ4n) is 0.547. The van der Waals surface area contributed by atoms with Gasteiger partial charge in [-0.15, -0.1) is 0 Å². The molecule has 0 heterocycles. The highest BCUT2D eigenvalue weighted by Crippen LogP contribution is 1.93. The molecule has 1 nitrogen and oxygen atoms in total. The van der Waals surface area contributed by atoms with Crippen LogP contribution in [-0.4, -0.2) is 6.04 Å². The Bertz CT molecular complexity index is 52.5. The van der Waals surface area contributed by atoms with Gasteiger partial charge >= 0.3 is 0 Å². The van der Waals surface area contributed by atoms with Gasteiger partial charge in [0.25, 0.3) is 0 Å². The zero-order valence-electron chi connectivity index (χ0n) is 6.78. The van der Waals surface area contributed by atoms with Gasteiger partial charge in [-0.05, 0) is 19.8 Å². The van der Waals surface area contributed by atoms with Crippen LogP contribution in [0.2, 0.25) is 0 Å². The number of nitrogens with one attached hydrogen (secondary N) is 1. The quantitative estimate of drug-likeness (QED) is 0.560. The van der Waals surface area contributed by atoms with Gasteiger partial charge in [-0.2, -0.15) is 0 Å². The SMILES string of the molecule is CCC[CH]NC(C)CC. The highest BCUT2D eigenvalue weighted by Gasteiger charge is 1.93. The van der Waals surface area contributed by atoms with Crippen LogP contribution in [0.3, 0.4) is 0 Å². The second-order valence-electron chi connectivity index (χ2n) is 2.47. The Morgan fingerprint density at radius 1 is 1.44 bits per heavy atom. The molecule has 0 aliphatic carbocycles. The molecule has 1 unspecified atom stereocenters. The molecule has 1 atom stereocenters. The van der Waals surface area contributed by atoms with Crippen molar-refractivity contribution in [1.29, 1.82) is 0 Å². The lowest BCUT2D eigenvalue weighted by atomic mass is 10.2. The van der Waals surface area contributed by atoms with Crippen LogP contribution in [0.5, 0.6) is 0 Å². The summed E-state index contributed by atoms with van der Waals surface area (Å²) in [7, 11) is 0. The molecule has 0 aromatic rings. The molecule has 55 valence electrons. The van der Waals surface area contributed by atoms with E-state index in [-0.39, 0.29) is 0 Å². The first-order valence-corrected chi connectivity index (χ1v) is 3.89. The minimum absolute atomic E-state index is 0.650. The Kier molecular flexibility index (Phi) is 6.06. The van der Waals surface area contributed by atoms with Gasteiger partial charge in [0.05, 0.1) is 0 Å². The van der Waals surface area contributed by atoms with Gasteiger partial charge in [0.2, 0.25) is 0 Å². The fourth-order valence-corrected chi connectivity index (χ4v) is 0.547. The third-order valence-electron chi connectivity index (χ3n) is 1.45. The summed E-state index contributed by atoms with van der Waals surface area (Å²) in [5, 5.41) is 3.31. The first-order chi connectivity index (χ1) is 4.31. The molecule has 0 fully saturated rings. The molecular formula is C8H18N. The smallest absolute Gasteiger partial charge is 0.0223 e. The molecule has 1 radical (unpaired) electrons. The van der Waals surface area contributed by atoms with Gasteiger partial charge in [0.15, 0.2) is 0 Å². The maximum Gasteiger partial charge on any atom is 0.0223 e. The summed E-state index contributed by atoms with van der Waals surface area (Å²) in [5.41, 5.74) is 0. The van der Waals surface area contributed by atoms with Crippen LogP contribution in [0.25, 0.3) is 0 Å². The Hall–Kier alpha value is -0.0400. The predicted octanol–water partition coefficient (Wildman–Crippen LogP) is 2.34. The zero-order chi connectivity index (χ0) is 7.11. The van der Waals surface area contributed by atoms with E-state index in [0.717, 1.165) is 0 Å². The van der Waals surface area contributed by atoms with Crippen molar-refractivity contribution in [3.63, 3.8) is 0 Å². The molecule has 0 aromatic heterocycles. The summed E-state index contributed by atoms with van der Waals surface area (Å²) in [4.78, 5) is 0. The Labute approximate surface area is 58.8 Å². The van der Waals surface area contributed by atoms with Crippen molar-refractivity contribution < 1.29 is 0 Å². The van der Waals surface area contributed by atoms with Crippen LogP contribution in [0, 0.1) is 6.54 Å². The van der Waals surface area contributed by atoms with Crippen molar-refractivity contribution in [2.75, 3.05) is 0 Å². The summed E-state index contributed by atoms with van der Waals surface area (Å²) in [6, 6.07) is 0.650. The van der Waals surface area contributed by atoms with E-state index < -0.39 is 0 Å². The Morgan fingerprint density at radius 3 is 2.56 bits per heavy atom. The first-order valence-electron chi connectivity index (χ1n) is 3.89. The maximum atomic E-state index is 3.31. The van der Waals surface area contributed by atoms with E-state index in [0.29, 0.717) is 6.04 Å². The second kappa shape index (κ2) is 6.09. The van der Waals surface area contributed by atoms with Gasteiger partial charge in [0.1, 0.15) is 0 Å². The topological polar surface area (TPSA) is 12.0 Å². The van der Waals surface area contributed by atoms with Crippen molar-refractivity contribution in [3.05, 3.63) is 6.54 Å². The van der Waals surface area contributed by atoms with Crippen LogP contribution in [0.15, 0.2) is 0 Å². The molecule has 0 aliphatic rings. The van der Waals surface area contributed by atoms with Gasteiger partial charge in [-0.3, -0.25) is 0 Å². The average Bonchev–Trinajstić information content (AvgIpc) is 1.89. The molecule has 1 heteroatoms. The van der Waals surface area contributed by atoms with E-state index in [1.807, 2.05) is 0 Å². The Morgan fingerprint density at radius 2 is 2.11 bits per heavy atom. The van der Waals surface area contributed by atoms with Gasteiger partial charge in [-0.25, -0.2) is 0 Å². The maximum absolute atomic E-state index is 3.31. The van der Waals surface area contributed by atoms with E-state index in [4.69, 9.17) is 0 Å². The standard InChI is InChI=1S/C8H18N/c1-4-6-7-9-8(3)5-2/h7-9H,4-6H2,1-3H3. The number of hydrogen-bond acceptors (Lipinski definition) is 1. The lowest BCUT2D eigenvalue weighted by Gasteiger charge is -2.08. The molecule has 1 N–H and O–H groups in total. The molecule has 9 heavy (non-hydrogen) atoms. The predicted molar refractivity (Wildman–Crippen MR) is 42.1 cm³/mol. The van der Waals surface area contributed by atoms with E-state index in [1.54, 1.807) is 0 Å². The summed E-state index contributed by atoms with van der Waals surface area (Å²) in [5.74, 6) is 0. The van der Waals surface area contributed by atoms with E-state index in [2.05, 4.69) is 32.6 Å². The molecule has 0 aliphatic heterocycles. The molecule has 0 aromatic carbocycles. The molecule has 0 rings (SSSR count). The monoisotopic (exact) mass is 128 g/mol. The number of unbranched alkanes of at least 4 members (excludes halogenated alkanes) is 1. The summed E-state index contributed by atoms with van der Waals surface area (Å²) >= 11 is 0. The molecular weight excluding hydrogens is 110 g/mol. The van der Waals surface area contributed by atoms with E-state index in [9.17, 15) is 0 Å². The summed E-state index contributed by atoms with van der Waals surface area (Å²) in [6.07, 6.45) is 3.63. The van der Waals surface area contributed by atoms with Crippen LogP contribution >= 0.6 is 0 Å². The zero-order valence-corrected chi connectivity index (χ0v) is 6.78. The highest BCUT2D eigenvalue weighted by molar-refractivity contribution is 4.65. The van der Waals surface area contributed by atoms with E-state index >= 15 is 0 Å². The fraction of sp³-hybridized carbons (Fsp3) is 0.875. The highest BCUT2D eigenvalue weighted by atomic mass is 14.9. The lowest BCUT2D eigenvalue weighted by Crippen LogP contribution is -2.21. The molecule has 0 saturated carbocycles. The Balaban J connectivity index is 2.88. The lowest BCUT2D eigenvalue weighted by molar-refractivity contribution is 0.570. The van der Waals surface area contributed by atoms with Crippen molar-refractivity contribution in [3.8, 4) is 0 Å². The minimum atomic E-state index is 0.650. The van der Waals surface area contributed by atoms with Crippen molar-refractivity contribution >= 4 is 0 Å². The van der Waals surface area contributed by atoms with Crippen LogP contribution in [0.4, 0.5) is 0 Å². The third-order valence-corrected chi connectivity index (χ3v) is 1.45. The van der Waals surface area contributed by atoms with E-state index in [1.165, 1.54) is 19.3 Å². The van der Waals surface area contributed by atoms with Crippen molar-refractivity contribution in [1.82, 2.24) is 5.32 Å². The number of rotatable bonds is 5. The average molecular weight is 128 g/mol. The molecule has 0 bridgehead atoms. The minimum Gasteiger partial charge on any atom is -0.310 e. The van der Waals surface area contributed by atoms with Crippen molar-refractivity contribution in [2.24, 2.45) is 0 Å². The number of hydrogen-bond donors (Lipinski definition) is 1.